The molecule has 3 unspecified atom stereocenters. The third kappa shape index (κ3) is 3.29. The molecule has 3 heteroatoms. The van der Waals surface area contributed by atoms with Crippen LogP contribution in [0.3, 0.4) is 0 Å². The van der Waals surface area contributed by atoms with Crippen LogP contribution in [0, 0.1) is 11.8 Å². The molecule has 0 saturated heterocycles. The molecular formula is C11H21NO2. The Kier molecular flexibility index (Phi) is 4.39. The Morgan fingerprint density at radius 1 is 1.57 bits per heavy atom. The van der Waals surface area contributed by atoms with Crippen LogP contribution >= 0.6 is 0 Å². The molecular weight excluding hydrogens is 178 g/mol. The van der Waals surface area contributed by atoms with Crippen LogP contribution in [0.5, 0.6) is 0 Å². The Morgan fingerprint density at radius 2 is 2.21 bits per heavy atom. The maximum atomic E-state index is 11.4. The van der Waals surface area contributed by atoms with E-state index in [0.29, 0.717) is 6.61 Å². The summed E-state index contributed by atoms with van der Waals surface area (Å²) in [6, 6.07) is -0.109. The Labute approximate surface area is 86.2 Å². The number of nitrogens with one attached hydrogen (secondary N) is 1. The highest BCUT2D eigenvalue weighted by atomic mass is 16.5. The van der Waals surface area contributed by atoms with Crippen LogP contribution in [0.15, 0.2) is 0 Å². The number of rotatable bonds is 6. The molecule has 1 rings (SSSR count). The van der Waals surface area contributed by atoms with Crippen molar-refractivity contribution in [2.75, 3.05) is 13.2 Å². The Balaban J connectivity index is 2.20. The van der Waals surface area contributed by atoms with E-state index in [1.165, 1.54) is 6.42 Å². The maximum Gasteiger partial charge on any atom is 0.323 e. The zero-order valence-electron chi connectivity index (χ0n) is 9.38. The van der Waals surface area contributed by atoms with Gasteiger partial charge in [-0.1, -0.05) is 13.8 Å². The molecule has 0 aliphatic heterocycles. The molecule has 1 N–H and O–H groups in total. The van der Waals surface area contributed by atoms with E-state index >= 15 is 0 Å². The normalized spacial score (nSPS) is 27.1. The van der Waals surface area contributed by atoms with Gasteiger partial charge in [0, 0.05) is 0 Å². The summed E-state index contributed by atoms with van der Waals surface area (Å²) in [6.07, 6.45) is 2.10. The fraction of sp³-hybridized carbons (Fsp3) is 0.909. The van der Waals surface area contributed by atoms with Crippen LogP contribution in [-0.2, 0) is 9.53 Å². The van der Waals surface area contributed by atoms with Gasteiger partial charge in [0.2, 0.25) is 0 Å². The fourth-order valence-electron chi connectivity index (χ4n) is 1.61. The van der Waals surface area contributed by atoms with Gasteiger partial charge in [0.25, 0.3) is 0 Å². The van der Waals surface area contributed by atoms with E-state index in [-0.39, 0.29) is 12.0 Å². The SMILES string of the molecule is CCOC(=O)C(CC)NCC1CC1C. The first-order valence-electron chi connectivity index (χ1n) is 5.59. The van der Waals surface area contributed by atoms with Gasteiger partial charge in [-0.25, -0.2) is 0 Å². The zero-order chi connectivity index (χ0) is 10.6. The van der Waals surface area contributed by atoms with E-state index in [1.54, 1.807) is 0 Å². The van der Waals surface area contributed by atoms with Crippen molar-refractivity contribution in [2.24, 2.45) is 11.8 Å². The van der Waals surface area contributed by atoms with Crippen molar-refractivity contribution < 1.29 is 9.53 Å². The summed E-state index contributed by atoms with van der Waals surface area (Å²) >= 11 is 0. The molecule has 3 atom stereocenters. The average Bonchev–Trinajstić information content (AvgIpc) is 2.83. The number of hydrogen-bond donors (Lipinski definition) is 1. The standard InChI is InChI=1S/C11H21NO2/c1-4-10(11(13)14-5-2)12-7-9-6-8(9)3/h8-10,12H,4-7H2,1-3H3. The highest BCUT2D eigenvalue weighted by Crippen LogP contribution is 2.36. The summed E-state index contributed by atoms with van der Waals surface area (Å²) in [5.41, 5.74) is 0. The summed E-state index contributed by atoms with van der Waals surface area (Å²) in [7, 11) is 0. The van der Waals surface area contributed by atoms with Crippen molar-refractivity contribution in [3.05, 3.63) is 0 Å². The smallest absolute Gasteiger partial charge is 0.323 e. The van der Waals surface area contributed by atoms with Crippen molar-refractivity contribution in [2.45, 2.75) is 39.7 Å². The highest BCUT2D eigenvalue weighted by molar-refractivity contribution is 5.75. The van der Waals surface area contributed by atoms with E-state index in [2.05, 4.69) is 12.2 Å². The van der Waals surface area contributed by atoms with Gasteiger partial charge in [-0.3, -0.25) is 4.79 Å². The Bertz CT molecular complexity index is 194. The van der Waals surface area contributed by atoms with Crippen molar-refractivity contribution in [3.8, 4) is 0 Å². The number of ether oxygens (including phenoxy) is 1. The fourth-order valence-corrected chi connectivity index (χ4v) is 1.61. The molecule has 1 fully saturated rings. The van der Waals surface area contributed by atoms with Gasteiger partial charge in [-0.2, -0.15) is 0 Å². The largest absolute Gasteiger partial charge is 0.465 e. The molecule has 0 bridgehead atoms. The molecule has 0 amide bonds. The van der Waals surface area contributed by atoms with E-state index in [4.69, 9.17) is 4.74 Å². The van der Waals surface area contributed by atoms with Gasteiger partial charge in [0.15, 0.2) is 0 Å². The molecule has 0 heterocycles. The summed E-state index contributed by atoms with van der Waals surface area (Å²) in [5, 5.41) is 3.27. The summed E-state index contributed by atoms with van der Waals surface area (Å²) < 4.78 is 4.97. The third-order valence-corrected chi connectivity index (χ3v) is 2.88. The zero-order valence-corrected chi connectivity index (χ0v) is 9.38. The molecule has 1 aliphatic rings. The topological polar surface area (TPSA) is 38.3 Å². The number of hydrogen-bond acceptors (Lipinski definition) is 3. The van der Waals surface area contributed by atoms with E-state index < -0.39 is 0 Å². The summed E-state index contributed by atoms with van der Waals surface area (Å²) in [6.45, 7) is 7.52. The van der Waals surface area contributed by atoms with Crippen molar-refractivity contribution in [1.29, 1.82) is 0 Å². The van der Waals surface area contributed by atoms with Gasteiger partial charge >= 0.3 is 5.97 Å². The number of carbonyl (C=O) groups excluding carboxylic acids is 1. The van der Waals surface area contributed by atoms with Gasteiger partial charge in [0.05, 0.1) is 6.61 Å². The van der Waals surface area contributed by atoms with Crippen LogP contribution in [-0.4, -0.2) is 25.2 Å². The lowest BCUT2D eigenvalue weighted by molar-refractivity contribution is -0.145. The molecule has 14 heavy (non-hydrogen) atoms. The summed E-state index contributed by atoms with van der Waals surface area (Å²) in [5.74, 6) is 1.50. The molecule has 0 aromatic heterocycles. The first kappa shape index (κ1) is 11.5. The average molecular weight is 199 g/mol. The molecule has 3 nitrogen and oxygen atoms in total. The highest BCUT2D eigenvalue weighted by Gasteiger charge is 2.33. The van der Waals surface area contributed by atoms with Crippen LogP contribution < -0.4 is 5.32 Å². The third-order valence-electron chi connectivity index (χ3n) is 2.88. The van der Waals surface area contributed by atoms with Crippen molar-refractivity contribution in [3.63, 3.8) is 0 Å². The van der Waals surface area contributed by atoms with Crippen LogP contribution in [0.2, 0.25) is 0 Å². The van der Waals surface area contributed by atoms with Crippen LogP contribution in [0.25, 0.3) is 0 Å². The second-order valence-electron chi connectivity index (χ2n) is 4.09. The van der Waals surface area contributed by atoms with Gasteiger partial charge in [-0.05, 0) is 38.1 Å². The monoisotopic (exact) mass is 199 g/mol. The Hall–Kier alpha value is -0.570. The molecule has 0 spiro atoms. The predicted octanol–water partition coefficient (Wildman–Crippen LogP) is 1.57. The second-order valence-corrected chi connectivity index (χ2v) is 4.09. The molecule has 1 saturated carbocycles. The molecule has 1 aliphatic carbocycles. The lowest BCUT2D eigenvalue weighted by atomic mass is 10.2. The first-order valence-corrected chi connectivity index (χ1v) is 5.59. The first-order chi connectivity index (χ1) is 6.69. The lowest BCUT2D eigenvalue weighted by Gasteiger charge is -2.14. The van der Waals surface area contributed by atoms with E-state index in [1.807, 2.05) is 13.8 Å². The van der Waals surface area contributed by atoms with E-state index in [9.17, 15) is 4.79 Å². The molecule has 0 aromatic carbocycles. The van der Waals surface area contributed by atoms with Crippen molar-refractivity contribution in [1.82, 2.24) is 5.32 Å². The minimum Gasteiger partial charge on any atom is -0.465 e. The lowest BCUT2D eigenvalue weighted by Crippen LogP contribution is -2.38. The number of carbonyl (C=O) groups is 1. The van der Waals surface area contributed by atoms with E-state index in [0.717, 1.165) is 24.8 Å². The van der Waals surface area contributed by atoms with Crippen LogP contribution in [0.1, 0.15) is 33.6 Å². The minimum atomic E-state index is -0.109. The second kappa shape index (κ2) is 5.35. The quantitative estimate of drug-likeness (QED) is 0.660. The van der Waals surface area contributed by atoms with Crippen LogP contribution in [0.4, 0.5) is 0 Å². The summed E-state index contributed by atoms with van der Waals surface area (Å²) in [4.78, 5) is 11.4. The Morgan fingerprint density at radius 3 is 2.64 bits per heavy atom. The maximum absolute atomic E-state index is 11.4. The molecule has 0 aromatic rings. The molecule has 0 radical (unpaired) electrons. The molecule has 82 valence electrons. The van der Waals surface area contributed by atoms with Crippen molar-refractivity contribution >= 4 is 5.97 Å². The minimum absolute atomic E-state index is 0.108. The van der Waals surface area contributed by atoms with Gasteiger partial charge < -0.3 is 10.1 Å². The number of esters is 1. The van der Waals surface area contributed by atoms with Gasteiger partial charge in [0.1, 0.15) is 6.04 Å². The predicted molar refractivity (Wildman–Crippen MR) is 56.0 cm³/mol. The van der Waals surface area contributed by atoms with Gasteiger partial charge in [-0.15, -0.1) is 0 Å².